The van der Waals surface area contributed by atoms with Gasteiger partial charge >= 0.3 is 5.97 Å². The lowest BCUT2D eigenvalue weighted by atomic mass is 10.2. The van der Waals surface area contributed by atoms with Crippen LogP contribution in [0.5, 0.6) is 0 Å². The first-order valence-corrected chi connectivity index (χ1v) is 5.48. The van der Waals surface area contributed by atoms with Crippen LogP contribution in [0.2, 0.25) is 0 Å². The molecule has 0 bridgehead atoms. The first-order chi connectivity index (χ1) is 9.08. The second-order valence-corrected chi connectivity index (χ2v) is 3.60. The molecule has 0 aliphatic carbocycles. The zero-order valence-electron chi connectivity index (χ0n) is 10.2. The van der Waals surface area contributed by atoms with Gasteiger partial charge in [-0.1, -0.05) is 18.1 Å². The molecule has 0 aliphatic rings. The van der Waals surface area contributed by atoms with Crippen molar-refractivity contribution in [2.75, 3.05) is 11.4 Å². The molecule has 0 aliphatic heterocycles. The Morgan fingerprint density at radius 3 is 2.74 bits per heavy atom. The number of carbonyl (C=O) groups is 2. The Labute approximate surface area is 111 Å². The van der Waals surface area contributed by atoms with Crippen LogP contribution in [0.3, 0.4) is 0 Å². The number of rotatable bonds is 5. The highest BCUT2D eigenvalue weighted by molar-refractivity contribution is 6.04. The van der Waals surface area contributed by atoms with E-state index in [0.29, 0.717) is 11.3 Å². The Morgan fingerprint density at radius 2 is 2.16 bits per heavy atom. The molecule has 0 saturated heterocycles. The van der Waals surface area contributed by atoms with Crippen molar-refractivity contribution < 1.29 is 14.7 Å². The fraction of sp³-hybridized carbons (Fsp3) is 0.0667. The van der Waals surface area contributed by atoms with Gasteiger partial charge in [-0.15, -0.1) is 13.0 Å². The number of anilines is 1. The second-order valence-electron chi connectivity index (χ2n) is 3.60. The molecule has 1 N–H and O–H groups in total. The topological polar surface area (TPSA) is 57.6 Å². The number of hydrogen-bond donors (Lipinski definition) is 1. The first kappa shape index (κ1) is 14.3. The third-order valence-corrected chi connectivity index (χ3v) is 2.27. The van der Waals surface area contributed by atoms with Gasteiger partial charge in [0.2, 0.25) is 0 Å². The summed E-state index contributed by atoms with van der Waals surface area (Å²) < 4.78 is 0. The molecule has 0 unspecified atom stereocenters. The number of benzene rings is 1. The first-order valence-electron chi connectivity index (χ1n) is 5.48. The highest BCUT2D eigenvalue weighted by atomic mass is 16.4. The Balaban J connectivity index is 3.06. The van der Waals surface area contributed by atoms with E-state index in [1.807, 2.05) is 0 Å². The molecule has 0 aromatic heterocycles. The van der Waals surface area contributed by atoms with Crippen molar-refractivity contribution in [1.29, 1.82) is 0 Å². The van der Waals surface area contributed by atoms with Crippen molar-refractivity contribution in [2.24, 2.45) is 0 Å². The zero-order chi connectivity index (χ0) is 14.3. The Kier molecular flexibility index (Phi) is 5.12. The molecule has 0 saturated carbocycles. The molecular formula is C15H13NO3. The average molecular weight is 255 g/mol. The van der Waals surface area contributed by atoms with Crippen LogP contribution in [-0.4, -0.2) is 23.5 Å². The van der Waals surface area contributed by atoms with Crippen LogP contribution >= 0.6 is 0 Å². The number of hydrogen-bond acceptors (Lipinski definition) is 2. The number of amides is 1. The SMILES string of the molecule is C#Cc1cccc(N(CC=C)C(=O)/C=C\C(=O)O)c1. The average Bonchev–Trinajstić information content (AvgIpc) is 2.42. The monoisotopic (exact) mass is 255 g/mol. The molecule has 0 heterocycles. The summed E-state index contributed by atoms with van der Waals surface area (Å²) in [4.78, 5) is 23.7. The molecular weight excluding hydrogens is 242 g/mol. The van der Waals surface area contributed by atoms with Crippen molar-refractivity contribution in [3.63, 3.8) is 0 Å². The number of carbonyl (C=O) groups excluding carboxylic acids is 1. The summed E-state index contributed by atoms with van der Waals surface area (Å²) in [5, 5.41) is 8.52. The minimum Gasteiger partial charge on any atom is -0.478 e. The lowest BCUT2D eigenvalue weighted by molar-refractivity contribution is -0.131. The van der Waals surface area contributed by atoms with Crippen LogP contribution in [0, 0.1) is 12.3 Å². The van der Waals surface area contributed by atoms with E-state index in [4.69, 9.17) is 11.5 Å². The Hall–Kier alpha value is -2.80. The van der Waals surface area contributed by atoms with E-state index >= 15 is 0 Å². The van der Waals surface area contributed by atoms with Crippen LogP contribution in [0.15, 0.2) is 49.1 Å². The number of nitrogens with zero attached hydrogens (tertiary/aromatic N) is 1. The smallest absolute Gasteiger partial charge is 0.328 e. The highest BCUT2D eigenvalue weighted by Crippen LogP contribution is 2.16. The predicted octanol–water partition coefficient (Wildman–Crippen LogP) is 1.83. The molecule has 0 spiro atoms. The Morgan fingerprint density at radius 1 is 1.42 bits per heavy atom. The van der Waals surface area contributed by atoms with Crippen molar-refractivity contribution in [1.82, 2.24) is 0 Å². The van der Waals surface area contributed by atoms with Crippen LogP contribution < -0.4 is 4.90 Å². The molecule has 0 atom stereocenters. The van der Waals surface area contributed by atoms with Gasteiger partial charge < -0.3 is 10.0 Å². The van der Waals surface area contributed by atoms with Crippen molar-refractivity contribution in [3.05, 3.63) is 54.6 Å². The molecule has 0 fully saturated rings. The maximum Gasteiger partial charge on any atom is 0.328 e. The second kappa shape index (κ2) is 6.82. The summed E-state index contributed by atoms with van der Waals surface area (Å²) in [5.74, 6) is 0.853. The molecule has 1 aromatic carbocycles. The summed E-state index contributed by atoms with van der Waals surface area (Å²) in [5.41, 5.74) is 1.23. The van der Waals surface area contributed by atoms with E-state index in [2.05, 4.69) is 12.5 Å². The molecule has 19 heavy (non-hydrogen) atoms. The lowest BCUT2D eigenvalue weighted by Gasteiger charge is -2.19. The number of terminal acetylenes is 1. The van der Waals surface area contributed by atoms with E-state index in [0.717, 1.165) is 12.2 Å². The summed E-state index contributed by atoms with van der Waals surface area (Å²) in [6, 6.07) is 6.87. The fourth-order valence-corrected chi connectivity index (χ4v) is 1.45. The van der Waals surface area contributed by atoms with Crippen LogP contribution in [0.25, 0.3) is 0 Å². The summed E-state index contributed by atoms with van der Waals surface area (Å²) in [7, 11) is 0. The van der Waals surface area contributed by atoms with Gasteiger partial charge in [0.1, 0.15) is 0 Å². The number of carboxylic acid groups (broad SMARTS) is 1. The summed E-state index contributed by atoms with van der Waals surface area (Å²) in [6.45, 7) is 3.83. The molecule has 1 rings (SSSR count). The van der Waals surface area contributed by atoms with Gasteiger partial charge in [0.25, 0.3) is 5.91 Å². The van der Waals surface area contributed by atoms with Gasteiger partial charge in [-0.05, 0) is 18.2 Å². The summed E-state index contributed by atoms with van der Waals surface area (Å²) >= 11 is 0. The van der Waals surface area contributed by atoms with E-state index in [-0.39, 0.29) is 6.54 Å². The van der Waals surface area contributed by atoms with Crippen LogP contribution in [-0.2, 0) is 9.59 Å². The molecule has 96 valence electrons. The minimum absolute atomic E-state index is 0.261. The Bertz CT molecular complexity index is 567. The molecule has 1 amide bonds. The van der Waals surface area contributed by atoms with E-state index in [1.165, 1.54) is 4.90 Å². The van der Waals surface area contributed by atoms with Gasteiger partial charge in [-0.3, -0.25) is 4.79 Å². The van der Waals surface area contributed by atoms with Gasteiger partial charge in [-0.25, -0.2) is 4.79 Å². The van der Waals surface area contributed by atoms with Gasteiger partial charge in [0.15, 0.2) is 0 Å². The van der Waals surface area contributed by atoms with Crippen molar-refractivity contribution in [3.8, 4) is 12.3 Å². The van der Waals surface area contributed by atoms with E-state index < -0.39 is 11.9 Å². The van der Waals surface area contributed by atoms with Crippen LogP contribution in [0.4, 0.5) is 5.69 Å². The van der Waals surface area contributed by atoms with E-state index in [9.17, 15) is 9.59 Å². The number of aliphatic carboxylic acids is 1. The van der Waals surface area contributed by atoms with Gasteiger partial charge in [-0.2, -0.15) is 0 Å². The third kappa shape index (κ3) is 4.17. The lowest BCUT2D eigenvalue weighted by Crippen LogP contribution is -2.29. The van der Waals surface area contributed by atoms with Crippen molar-refractivity contribution >= 4 is 17.6 Å². The predicted molar refractivity (Wildman–Crippen MR) is 73.7 cm³/mol. The number of carboxylic acids is 1. The normalized spacial score (nSPS) is 9.84. The molecule has 1 aromatic rings. The van der Waals surface area contributed by atoms with Gasteiger partial charge in [0.05, 0.1) is 0 Å². The highest BCUT2D eigenvalue weighted by Gasteiger charge is 2.12. The zero-order valence-corrected chi connectivity index (χ0v) is 10.2. The largest absolute Gasteiger partial charge is 0.478 e. The maximum absolute atomic E-state index is 11.9. The van der Waals surface area contributed by atoms with Gasteiger partial charge in [0, 0.05) is 29.9 Å². The molecule has 4 nitrogen and oxygen atoms in total. The quantitative estimate of drug-likeness (QED) is 0.496. The molecule has 4 heteroatoms. The van der Waals surface area contributed by atoms with Crippen LogP contribution in [0.1, 0.15) is 5.56 Å². The minimum atomic E-state index is -1.18. The summed E-state index contributed by atoms with van der Waals surface area (Å²) in [6.07, 6.45) is 8.64. The van der Waals surface area contributed by atoms with E-state index in [1.54, 1.807) is 30.3 Å². The van der Waals surface area contributed by atoms with Crippen molar-refractivity contribution in [2.45, 2.75) is 0 Å². The standard InChI is InChI=1S/C15H13NO3/c1-3-10-16(14(17)8-9-15(18)19)13-7-5-6-12(4-2)11-13/h2-3,5-9,11H,1,10H2,(H,18,19)/b9-8-. The molecule has 0 radical (unpaired) electrons. The fourth-order valence-electron chi connectivity index (χ4n) is 1.45. The third-order valence-electron chi connectivity index (χ3n) is 2.27. The maximum atomic E-state index is 11.9.